The molecular weight excluding hydrogens is 224 g/mol. The van der Waals surface area contributed by atoms with Gasteiger partial charge in [0.25, 0.3) is 0 Å². The summed E-state index contributed by atoms with van der Waals surface area (Å²) in [6, 6.07) is 0. The molecule has 0 aromatic heterocycles. The lowest BCUT2D eigenvalue weighted by molar-refractivity contribution is -0.120. The molecule has 1 rings (SSSR count). The van der Waals surface area contributed by atoms with E-state index in [2.05, 4.69) is 10.2 Å². The van der Waals surface area contributed by atoms with E-state index in [-0.39, 0.29) is 5.91 Å². The number of nitrogens with one attached hydrogen (secondary N) is 1. The molecule has 0 aliphatic carbocycles. The zero-order chi connectivity index (χ0) is 11.6. The number of rotatable bonds is 6. The van der Waals surface area contributed by atoms with Gasteiger partial charge in [0.2, 0.25) is 5.91 Å². The Bertz CT molecular complexity index is 191. The first-order valence-electron chi connectivity index (χ1n) is 6.38. The molecule has 1 saturated heterocycles. The fourth-order valence-corrected chi connectivity index (χ4v) is 2.24. The molecule has 1 N–H and O–H groups in total. The van der Waals surface area contributed by atoms with Gasteiger partial charge in [0, 0.05) is 18.8 Å². The molecule has 3 nitrogen and oxygen atoms in total. The van der Waals surface area contributed by atoms with Gasteiger partial charge in [-0.15, -0.1) is 11.6 Å². The maximum Gasteiger partial charge on any atom is 0.221 e. The average Bonchev–Trinajstić information content (AvgIpc) is 2.53. The summed E-state index contributed by atoms with van der Waals surface area (Å²) in [4.78, 5) is 13.7. The molecular formula is C12H23ClN2O. The molecule has 94 valence electrons. The Morgan fingerprint density at radius 3 is 2.50 bits per heavy atom. The van der Waals surface area contributed by atoms with Gasteiger partial charge in [-0.05, 0) is 38.9 Å². The molecule has 0 unspecified atom stereocenters. The van der Waals surface area contributed by atoms with Gasteiger partial charge in [0.15, 0.2) is 0 Å². The molecule has 1 amide bonds. The molecule has 0 bridgehead atoms. The van der Waals surface area contributed by atoms with Crippen molar-refractivity contribution >= 4 is 17.5 Å². The van der Waals surface area contributed by atoms with Crippen molar-refractivity contribution < 1.29 is 4.79 Å². The van der Waals surface area contributed by atoms with Gasteiger partial charge < -0.3 is 10.2 Å². The van der Waals surface area contributed by atoms with E-state index in [0.29, 0.717) is 12.3 Å². The van der Waals surface area contributed by atoms with Crippen molar-refractivity contribution in [2.45, 2.75) is 38.5 Å². The summed E-state index contributed by atoms with van der Waals surface area (Å²) in [5, 5.41) is 2.89. The van der Waals surface area contributed by atoms with Crippen LogP contribution in [-0.4, -0.2) is 42.9 Å². The Hall–Kier alpha value is -0.280. The molecule has 0 spiro atoms. The molecule has 4 heteroatoms. The molecule has 0 radical (unpaired) electrons. The van der Waals surface area contributed by atoms with Crippen LogP contribution in [0.2, 0.25) is 0 Å². The largest absolute Gasteiger partial charge is 0.356 e. The highest BCUT2D eigenvalue weighted by Crippen LogP contribution is 2.09. The summed E-state index contributed by atoms with van der Waals surface area (Å²) in [6.07, 6.45) is 6.91. The predicted octanol–water partition coefficient (Wildman–Crippen LogP) is 2.00. The van der Waals surface area contributed by atoms with E-state index < -0.39 is 0 Å². The number of halogens is 1. The standard InChI is InChI=1S/C12H23ClN2O/c13-7-6-12(16)14-8-5-11-15-9-3-1-2-4-10-15/h1-11H2,(H,14,16). The van der Waals surface area contributed by atoms with Gasteiger partial charge in [-0.1, -0.05) is 12.8 Å². The number of carbonyl (C=O) groups is 1. The zero-order valence-corrected chi connectivity index (χ0v) is 10.8. The summed E-state index contributed by atoms with van der Waals surface area (Å²) >= 11 is 5.48. The number of alkyl halides is 1. The van der Waals surface area contributed by atoms with Gasteiger partial charge >= 0.3 is 0 Å². The number of hydrogen-bond acceptors (Lipinski definition) is 2. The van der Waals surface area contributed by atoms with Crippen LogP contribution in [0.1, 0.15) is 38.5 Å². The lowest BCUT2D eigenvalue weighted by Crippen LogP contribution is -2.30. The SMILES string of the molecule is O=C(CCCl)NCCCN1CCCCCC1. The van der Waals surface area contributed by atoms with Crippen molar-refractivity contribution in [3.8, 4) is 0 Å². The molecule has 1 fully saturated rings. The summed E-state index contributed by atoms with van der Waals surface area (Å²) in [6.45, 7) is 4.36. The first-order valence-corrected chi connectivity index (χ1v) is 6.91. The van der Waals surface area contributed by atoms with Crippen molar-refractivity contribution in [1.82, 2.24) is 10.2 Å². The Morgan fingerprint density at radius 1 is 1.19 bits per heavy atom. The second-order valence-corrected chi connectivity index (χ2v) is 4.78. The number of amides is 1. The summed E-state index contributed by atoms with van der Waals surface area (Å²) in [5.41, 5.74) is 0. The third-order valence-electron chi connectivity index (χ3n) is 2.99. The first kappa shape index (κ1) is 13.8. The molecule has 1 heterocycles. The van der Waals surface area contributed by atoms with Crippen LogP contribution in [0.25, 0.3) is 0 Å². The topological polar surface area (TPSA) is 32.3 Å². The lowest BCUT2D eigenvalue weighted by Gasteiger charge is -2.19. The predicted molar refractivity (Wildman–Crippen MR) is 67.9 cm³/mol. The Kier molecular flexibility index (Phi) is 7.60. The third kappa shape index (κ3) is 6.33. The fraction of sp³-hybridized carbons (Fsp3) is 0.917. The van der Waals surface area contributed by atoms with E-state index in [1.54, 1.807) is 0 Å². The molecule has 0 saturated carbocycles. The van der Waals surface area contributed by atoms with Crippen LogP contribution in [0.3, 0.4) is 0 Å². The maximum absolute atomic E-state index is 11.1. The van der Waals surface area contributed by atoms with E-state index in [4.69, 9.17) is 11.6 Å². The summed E-state index contributed by atoms with van der Waals surface area (Å²) in [7, 11) is 0. The van der Waals surface area contributed by atoms with Crippen LogP contribution < -0.4 is 5.32 Å². The minimum absolute atomic E-state index is 0.0749. The first-order chi connectivity index (χ1) is 7.83. The van der Waals surface area contributed by atoms with Gasteiger partial charge in [-0.2, -0.15) is 0 Å². The van der Waals surface area contributed by atoms with Gasteiger partial charge in [-0.3, -0.25) is 4.79 Å². The van der Waals surface area contributed by atoms with Crippen LogP contribution in [0.4, 0.5) is 0 Å². The Morgan fingerprint density at radius 2 is 1.88 bits per heavy atom. The van der Waals surface area contributed by atoms with Gasteiger partial charge in [0.05, 0.1) is 0 Å². The highest BCUT2D eigenvalue weighted by molar-refractivity contribution is 6.18. The smallest absolute Gasteiger partial charge is 0.221 e. The van der Waals surface area contributed by atoms with Crippen molar-refractivity contribution in [1.29, 1.82) is 0 Å². The quantitative estimate of drug-likeness (QED) is 0.574. The van der Waals surface area contributed by atoms with Crippen molar-refractivity contribution in [2.75, 3.05) is 32.1 Å². The van der Waals surface area contributed by atoms with E-state index in [1.807, 2.05) is 0 Å². The average molecular weight is 247 g/mol. The summed E-state index contributed by atoms with van der Waals surface area (Å²) in [5.74, 6) is 0.490. The molecule has 0 atom stereocenters. The number of nitrogens with zero attached hydrogens (tertiary/aromatic N) is 1. The van der Waals surface area contributed by atoms with Crippen LogP contribution in [0.15, 0.2) is 0 Å². The van der Waals surface area contributed by atoms with Crippen molar-refractivity contribution in [3.63, 3.8) is 0 Å². The molecule has 0 aromatic rings. The number of likely N-dealkylation sites (tertiary alicyclic amines) is 1. The zero-order valence-electron chi connectivity index (χ0n) is 10.0. The van der Waals surface area contributed by atoms with Crippen LogP contribution in [0, 0.1) is 0 Å². The van der Waals surface area contributed by atoms with Crippen LogP contribution >= 0.6 is 11.6 Å². The minimum Gasteiger partial charge on any atom is -0.356 e. The van der Waals surface area contributed by atoms with Gasteiger partial charge in [0.1, 0.15) is 0 Å². The second kappa shape index (κ2) is 8.82. The third-order valence-corrected chi connectivity index (χ3v) is 3.18. The Labute approximate surface area is 104 Å². The number of carbonyl (C=O) groups excluding carboxylic acids is 1. The lowest BCUT2D eigenvalue weighted by atomic mass is 10.2. The minimum atomic E-state index is 0.0749. The second-order valence-electron chi connectivity index (χ2n) is 4.40. The molecule has 16 heavy (non-hydrogen) atoms. The van der Waals surface area contributed by atoms with Crippen LogP contribution in [-0.2, 0) is 4.79 Å². The molecule has 1 aliphatic heterocycles. The normalized spacial score (nSPS) is 18.1. The van der Waals surface area contributed by atoms with Gasteiger partial charge in [-0.25, -0.2) is 0 Å². The fourth-order valence-electron chi connectivity index (χ4n) is 2.06. The highest BCUT2D eigenvalue weighted by atomic mass is 35.5. The maximum atomic E-state index is 11.1. The monoisotopic (exact) mass is 246 g/mol. The van der Waals surface area contributed by atoms with Crippen LogP contribution in [0.5, 0.6) is 0 Å². The van der Waals surface area contributed by atoms with Crippen molar-refractivity contribution in [3.05, 3.63) is 0 Å². The van der Waals surface area contributed by atoms with E-state index in [0.717, 1.165) is 19.5 Å². The summed E-state index contributed by atoms with van der Waals surface area (Å²) < 4.78 is 0. The van der Waals surface area contributed by atoms with E-state index in [9.17, 15) is 4.79 Å². The van der Waals surface area contributed by atoms with E-state index >= 15 is 0 Å². The molecule has 1 aliphatic rings. The Balaban J connectivity index is 1.99. The van der Waals surface area contributed by atoms with E-state index in [1.165, 1.54) is 38.8 Å². The van der Waals surface area contributed by atoms with Crippen molar-refractivity contribution in [2.24, 2.45) is 0 Å². The number of hydrogen-bond donors (Lipinski definition) is 1. The molecule has 0 aromatic carbocycles. The highest BCUT2D eigenvalue weighted by Gasteiger charge is 2.08.